The molecular weight excluding hydrogens is 453 g/mol. The predicted molar refractivity (Wildman–Crippen MR) is 112 cm³/mol. The summed E-state index contributed by atoms with van der Waals surface area (Å²) in [5.74, 6) is 0.278. The second kappa shape index (κ2) is 9.67. The van der Waals surface area contributed by atoms with E-state index in [2.05, 4.69) is 0 Å². The smallest absolute Gasteiger partial charge is 0.345 e. The van der Waals surface area contributed by atoms with E-state index in [4.69, 9.17) is 11.6 Å². The van der Waals surface area contributed by atoms with Crippen LogP contribution in [0.2, 0.25) is 5.02 Å². The number of sulfonamides is 1. The molecule has 5 nitrogen and oxygen atoms in total. The summed E-state index contributed by atoms with van der Waals surface area (Å²) in [7, 11) is -2.31. The molecule has 0 atom stereocenters. The molecule has 1 heterocycles. The van der Waals surface area contributed by atoms with Gasteiger partial charge in [0.15, 0.2) is 0 Å². The van der Waals surface area contributed by atoms with E-state index in [-0.39, 0.29) is 24.9 Å². The number of carbonyl (C=O) groups excluding carboxylic acids is 1. The summed E-state index contributed by atoms with van der Waals surface area (Å²) < 4.78 is 66.2. The molecule has 1 amide bonds. The largest absolute Gasteiger partial charge is 0.417 e. The van der Waals surface area contributed by atoms with E-state index in [1.165, 1.54) is 19.3 Å². The minimum Gasteiger partial charge on any atom is -0.345 e. The molecular formula is C21H28ClF3N2O3S. The van der Waals surface area contributed by atoms with Crippen LogP contribution < -0.4 is 0 Å². The van der Waals surface area contributed by atoms with Gasteiger partial charge in [-0.2, -0.15) is 17.5 Å². The molecule has 0 aromatic heterocycles. The Kier molecular flexibility index (Phi) is 7.58. The summed E-state index contributed by atoms with van der Waals surface area (Å²) in [5, 5.41) is -0.545. The lowest BCUT2D eigenvalue weighted by Crippen LogP contribution is -2.44. The first kappa shape index (κ1) is 24.3. The number of hydrogen-bond donors (Lipinski definition) is 0. The monoisotopic (exact) mass is 480 g/mol. The molecule has 1 aliphatic carbocycles. The van der Waals surface area contributed by atoms with Crippen LogP contribution >= 0.6 is 11.6 Å². The van der Waals surface area contributed by atoms with Crippen LogP contribution in [0.5, 0.6) is 0 Å². The van der Waals surface area contributed by atoms with Gasteiger partial charge in [0.1, 0.15) is 0 Å². The summed E-state index contributed by atoms with van der Waals surface area (Å²) >= 11 is 5.60. The number of halogens is 4. The van der Waals surface area contributed by atoms with E-state index >= 15 is 0 Å². The molecule has 0 unspecified atom stereocenters. The first-order valence-corrected chi connectivity index (χ1v) is 12.4. The van der Waals surface area contributed by atoms with Crippen molar-refractivity contribution in [1.29, 1.82) is 0 Å². The average molecular weight is 481 g/mol. The van der Waals surface area contributed by atoms with Crippen molar-refractivity contribution in [1.82, 2.24) is 9.21 Å². The van der Waals surface area contributed by atoms with Gasteiger partial charge < -0.3 is 4.90 Å². The Morgan fingerprint density at radius 1 is 1.13 bits per heavy atom. The fraction of sp³-hybridized carbons (Fsp3) is 0.667. The fourth-order valence-corrected chi connectivity index (χ4v) is 6.25. The summed E-state index contributed by atoms with van der Waals surface area (Å²) in [5.41, 5.74) is -1.18. The molecule has 1 aromatic rings. The van der Waals surface area contributed by atoms with Gasteiger partial charge in [0.2, 0.25) is 15.9 Å². The van der Waals surface area contributed by atoms with Crippen LogP contribution in [-0.2, 0) is 21.0 Å². The van der Waals surface area contributed by atoms with Gasteiger partial charge in [0.25, 0.3) is 0 Å². The lowest BCUT2D eigenvalue weighted by molar-refractivity contribution is -0.138. The molecule has 2 aliphatic rings. The zero-order valence-electron chi connectivity index (χ0n) is 17.5. The van der Waals surface area contributed by atoms with Crippen LogP contribution in [0.3, 0.4) is 0 Å². The summed E-state index contributed by atoms with van der Waals surface area (Å²) in [6.07, 6.45) is 1.88. The van der Waals surface area contributed by atoms with Crippen LogP contribution in [0.1, 0.15) is 50.5 Å². The van der Waals surface area contributed by atoms with Crippen molar-refractivity contribution in [3.63, 3.8) is 0 Å². The molecule has 0 spiro atoms. The Labute approximate surface area is 186 Å². The zero-order valence-corrected chi connectivity index (χ0v) is 19.1. The average Bonchev–Trinajstić information content (AvgIpc) is 2.73. The normalized spacial score (nSPS) is 20.0. The topological polar surface area (TPSA) is 57.7 Å². The van der Waals surface area contributed by atoms with Crippen LogP contribution in [0.25, 0.3) is 0 Å². The Balaban J connectivity index is 1.62. The Bertz CT molecular complexity index is 894. The number of nitrogens with zero attached hydrogens (tertiary/aromatic N) is 2. The molecule has 2 fully saturated rings. The fourth-order valence-electron chi connectivity index (χ4n) is 4.53. The molecule has 3 rings (SSSR count). The van der Waals surface area contributed by atoms with Crippen molar-refractivity contribution < 1.29 is 26.4 Å². The van der Waals surface area contributed by atoms with E-state index < -0.39 is 31.7 Å². The molecule has 0 radical (unpaired) electrons. The van der Waals surface area contributed by atoms with Crippen molar-refractivity contribution >= 4 is 27.5 Å². The molecule has 1 saturated carbocycles. The predicted octanol–water partition coefficient (Wildman–Crippen LogP) is 4.80. The zero-order chi connectivity index (χ0) is 22.8. The van der Waals surface area contributed by atoms with E-state index in [9.17, 15) is 26.4 Å². The van der Waals surface area contributed by atoms with Crippen molar-refractivity contribution in [2.24, 2.45) is 11.8 Å². The van der Waals surface area contributed by atoms with Gasteiger partial charge >= 0.3 is 6.18 Å². The molecule has 1 aliphatic heterocycles. The van der Waals surface area contributed by atoms with E-state index in [0.717, 1.165) is 35.8 Å². The van der Waals surface area contributed by atoms with Gasteiger partial charge in [-0.1, -0.05) is 30.9 Å². The minimum absolute atomic E-state index is 0.0217. The first-order valence-electron chi connectivity index (χ1n) is 10.6. The van der Waals surface area contributed by atoms with Gasteiger partial charge in [0.05, 0.1) is 15.5 Å². The SMILES string of the molecule is CN(CC1CCCCC1)C(=O)C1CCN(S(=O)(=O)c2ccc(Cl)c(C(F)(F)F)c2)CC1. The van der Waals surface area contributed by atoms with Crippen LogP contribution in [0, 0.1) is 11.8 Å². The number of amides is 1. The summed E-state index contributed by atoms with van der Waals surface area (Å²) in [6, 6.07) is 2.61. The van der Waals surface area contributed by atoms with E-state index in [1.54, 1.807) is 11.9 Å². The molecule has 1 aromatic carbocycles. The number of benzene rings is 1. The maximum atomic E-state index is 13.1. The quantitative estimate of drug-likeness (QED) is 0.608. The van der Waals surface area contributed by atoms with Gasteiger partial charge in [-0.25, -0.2) is 8.42 Å². The van der Waals surface area contributed by atoms with Crippen molar-refractivity contribution in [3.8, 4) is 0 Å². The molecule has 0 bridgehead atoms. The molecule has 174 valence electrons. The molecule has 10 heteroatoms. The third-order valence-electron chi connectivity index (χ3n) is 6.32. The summed E-state index contributed by atoms with van der Waals surface area (Å²) in [6.45, 7) is 0.919. The van der Waals surface area contributed by atoms with Gasteiger partial charge in [0, 0.05) is 32.6 Å². The maximum Gasteiger partial charge on any atom is 0.417 e. The Hall–Kier alpha value is -1.32. The van der Waals surface area contributed by atoms with Gasteiger partial charge in [-0.3, -0.25) is 4.79 Å². The van der Waals surface area contributed by atoms with Crippen LogP contribution in [-0.4, -0.2) is 50.2 Å². The third kappa shape index (κ3) is 5.73. The number of hydrogen-bond acceptors (Lipinski definition) is 3. The molecule has 31 heavy (non-hydrogen) atoms. The van der Waals surface area contributed by atoms with Crippen molar-refractivity contribution in [3.05, 3.63) is 28.8 Å². The van der Waals surface area contributed by atoms with Crippen molar-refractivity contribution in [2.75, 3.05) is 26.7 Å². The third-order valence-corrected chi connectivity index (χ3v) is 8.54. The first-order chi connectivity index (χ1) is 14.5. The second-order valence-corrected chi connectivity index (χ2v) is 10.9. The second-order valence-electron chi connectivity index (χ2n) is 8.54. The van der Waals surface area contributed by atoms with E-state index in [1.807, 2.05) is 0 Å². The number of piperidine rings is 1. The minimum atomic E-state index is -4.75. The standard InChI is InChI=1S/C21H28ClF3N2O3S/c1-26(14-15-5-3-2-4-6-15)20(28)16-9-11-27(12-10-16)31(29,30)17-7-8-19(22)18(13-17)21(23,24)25/h7-8,13,15-16H,2-6,9-12,14H2,1H3. The molecule has 1 saturated heterocycles. The highest BCUT2D eigenvalue weighted by molar-refractivity contribution is 7.89. The highest BCUT2D eigenvalue weighted by atomic mass is 35.5. The van der Waals surface area contributed by atoms with Crippen LogP contribution in [0.15, 0.2) is 23.1 Å². The Morgan fingerprint density at radius 2 is 1.74 bits per heavy atom. The molecule has 0 N–H and O–H groups in total. The van der Waals surface area contributed by atoms with Crippen LogP contribution in [0.4, 0.5) is 13.2 Å². The number of alkyl halides is 3. The Morgan fingerprint density at radius 3 is 2.32 bits per heavy atom. The van der Waals surface area contributed by atoms with Gasteiger partial charge in [-0.05, 0) is 49.8 Å². The lowest BCUT2D eigenvalue weighted by atomic mass is 9.88. The highest BCUT2D eigenvalue weighted by Gasteiger charge is 2.37. The maximum absolute atomic E-state index is 13.1. The number of rotatable bonds is 5. The number of carbonyl (C=O) groups is 1. The summed E-state index contributed by atoms with van der Waals surface area (Å²) in [4.78, 5) is 14.1. The van der Waals surface area contributed by atoms with Gasteiger partial charge in [-0.15, -0.1) is 0 Å². The highest BCUT2D eigenvalue weighted by Crippen LogP contribution is 2.37. The lowest BCUT2D eigenvalue weighted by Gasteiger charge is -2.34. The van der Waals surface area contributed by atoms with E-state index in [0.29, 0.717) is 24.8 Å². The van der Waals surface area contributed by atoms with Crippen molar-refractivity contribution in [2.45, 2.75) is 56.0 Å².